The van der Waals surface area contributed by atoms with Gasteiger partial charge in [0.05, 0.1) is 18.8 Å². The number of carbonyl (C=O) groups is 1. The zero-order valence-electron chi connectivity index (χ0n) is 16.3. The first-order chi connectivity index (χ1) is 13.0. The lowest BCUT2D eigenvalue weighted by atomic mass is 10.1. The fourth-order valence-corrected chi connectivity index (χ4v) is 3.35. The van der Waals surface area contributed by atoms with Crippen molar-refractivity contribution in [1.29, 1.82) is 0 Å². The first-order valence-corrected chi connectivity index (χ1v) is 9.54. The van der Waals surface area contributed by atoms with Crippen molar-refractivity contribution >= 4 is 17.0 Å². The van der Waals surface area contributed by atoms with Gasteiger partial charge in [0.1, 0.15) is 17.5 Å². The number of fused-ring (bicyclic) bond motifs is 1. The lowest BCUT2D eigenvalue weighted by Crippen LogP contribution is -2.38. The van der Waals surface area contributed by atoms with Gasteiger partial charge >= 0.3 is 0 Å². The van der Waals surface area contributed by atoms with Crippen LogP contribution >= 0.6 is 0 Å². The summed E-state index contributed by atoms with van der Waals surface area (Å²) in [7, 11) is 0. The van der Waals surface area contributed by atoms with E-state index in [1.807, 2.05) is 13.8 Å². The Morgan fingerprint density at radius 2 is 2.07 bits per heavy atom. The number of nitrogens with one attached hydrogen (secondary N) is 1. The highest BCUT2D eigenvalue weighted by Crippen LogP contribution is 2.20. The van der Waals surface area contributed by atoms with E-state index in [0.29, 0.717) is 30.3 Å². The largest absolute Gasteiger partial charge is 0.442 e. The molecule has 2 aromatic rings. The SMILES string of the molecule is Cc1oc2ncn(CC(C)C)c(=O)c2c1C(=O)NCCCN1CCOCC1. The number of morpholine rings is 1. The van der Waals surface area contributed by atoms with Crippen molar-refractivity contribution in [2.24, 2.45) is 5.92 Å². The van der Waals surface area contributed by atoms with E-state index in [-0.39, 0.29) is 22.6 Å². The number of furan rings is 1. The molecule has 0 radical (unpaired) electrons. The fourth-order valence-electron chi connectivity index (χ4n) is 3.35. The van der Waals surface area contributed by atoms with Gasteiger partial charge in [0.15, 0.2) is 0 Å². The van der Waals surface area contributed by atoms with Gasteiger partial charge in [0.2, 0.25) is 5.71 Å². The summed E-state index contributed by atoms with van der Waals surface area (Å²) in [5, 5.41) is 3.18. The van der Waals surface area contributed by atoms with Gasteiger partial charge in [-0.2, -0.15) is 0 Å². The van der Waals surface area contributed by atoms with Crippen LogP contribution in [0.1, 0.15) is 36.4 Å². The Hall–Kier alpha value is -2.19. The Kier molecular flexibility index (Phi) is 6.28. The molecule has 0 bridgehead atoms. The highest BCUT2D eigenvalue weighted by atomic mass is 16.5. The number of carbonyl (C=O) groups excluding carboxylic acids is 1. The molecule has 0 spiro atoms. The fraction of sp³-hybridized carbons (Fsp3) is 0.632. The number of nitrogens with zero attached hydrogens (tertiary/aromatic N) is 3. The maximum absolute atomic E-state index is 12.8. The van der Waals surface area contributed by atoms with E-state index in [2.05, 4.69) is 15.2 Å². The Morgan fingerprint density at radius 1 is 1.33 bits per heavy atom. The normalized spacial score (nSPS) is 15.6. The Bertz CT molecular complexity index is 849. The highest BCUT2D eigenvalue weighted by Gasteiger charge is 2.22. The van der Waals surface area contributed by atoms with Crippen molar-refractivity contribution in [3.05, 3.63) is 28.0 Å². The minimum absolute atomic E-state index is 0.218. The first kappa shape index (κ1) is 19.6. The zero-order chi connectivity index (χ0) is 19.4. The summed E-state index contributed by atoms with van der Waals surface area (Å²) in [6.45, 7) is 11.1. The molecule has 1 saturated heterocycles. The van der Waals surface area contributed by atoms with E-state index in [9.17, 15) is 9.59 Å². The predicted octanol–water partition coefficient (Wildman–Crippen LogP) is 1.41. The topological polar surface area (TPSA) is 89.6 Å². The number of aromatic nitrogens is 2. The first-order valence-electron chi connectivity index (χ1n) is 9.54. The predicted molar refractivity (Wildman–Crippen MR) is 102 cm³/mol. The summed E-state index contributed by atoms with van der Waals surface area (Å²) in [5.41, 5.74) is 0.284. The lowest BCUT2D eigenvalue weighted by Gasteiger charge is -2.26. The van der Waals surface area contributed by atoms with Crippen molar-refractivity contribution in [3.8, 4) is 0 Å². The molecule has 3 heterocycles. The number of hydrogen-bond donors (Lipinski definition) is 1. The Balaban J connectivity index is 1.69. The third kappa shape index (κ3) is 4.56. The van der Waals surface area contributed by atoms with Crippen LogP contribution in [0.3, 0.4) is 0 Å². The van der Waals surface area contributed by atoms with E-state index < -0.39 is 0 Å². The van der Waals surface area contributed by atoms with E-state index in [1.54, 1.807) is 6.92 Å². The van der Waals surface area contributed by atoms with Crippen LogP contribution < -0.4 is 10.9 Å². The molecule has 1 amide bonds. The smallest absolute Gasteiger partial charge is 0.265 e. The maximum Gasteiger partial charge on any atom is 0.265 e. The van der Waals surface area contributed by atoms with Gasteiger partial charge in [-0.1, -0.05) is 13.8 Å². The van der Waals surface area contributed by atoms with Gasteiger partial charge in [-0.3, -0.25) is 19.1 Å². The number of rotatable bonds is 7. The summed E-state index contributed by atoms with van der Waals surface area (Å²) in [4.78, 5) is 32.0. The minimum atomic E-state index is -0.283. The van der Waals surface area contributed by atoms with Crippen molar-refractivity contribution in [2.75, 3.05) is 39.4 Å². The summed E-state index contributed by atoms with van der Waals surface area (Å²) in [5.74, 6) is 0.435. The second kappa shape index (κ2) is 8.67. The lowest BCUT2D eigenvalue weighted by molar-refractivity contribution is 0.0374. The molecule has 3 rings (SSSR count). The van der Waals surface area contributed by atoms with Gasteiger partial charge in [0.25, 0.3) is 11.5 Å². The second-order valence-corrected chi connectivity index (χ2v) is 7.37. The number of amides is 1. The van der Waals surface area contributed by atoms with E-state index in [1.165, 1.54) is 10.9 Å². The van der Waals surface area contributed by atoms with E-state index in [4.69, 9.17) is 9.15 Å². The van der Waals surface area contributed by atoms with Gasteiger partial charge in [-0.15, -0.1) is 0 Å². The van der Waals surface area contributed by atoms with E-state index >= 15 is 0 Å². The van der Waals surface area contributed by atoms with Gasteiger partial charge in [-0.05, 0) is 25.8 Å². The summed E-state index contributed by atoms with van der Waals surface area (Å²) >= 11 is 0. The molecule has 8 nitrogen and oxygen atoms in total. The summed E-state index contributed by atoms with van der Waals surface area (Å²) in [6.07, 6.45) is 2.33. The molecule has 0 unspecified atom stereocenters. The molecule has 1 aliphatic rings. The standard InChI is InChI=1S/C19H28N4O4/c1-13(2)11-23-12-21-18-16(19(23)25)15(14(3)27-18)17(24)20-5-4-6-22-7-9-26-10-8-22/h12-13H,4-11H2,1-3H3,(H,20,24). The molecule has 1 fully saturated rings. The molecule has 0 aromatic carbocycles. The van der Waals surface area contributed by atoms with Crippen molar-refractivity contribution < 1.29 is 13.9 Å². The van der Waals surface area contributed by atoms with Crippen molar-refractivity contribution in [1.82, 2.24) is 19.8 Å². The third-order valence-corrected chi connectivity index (χ3v) is 4.68. The molecule has 0 atom stereocenters. The molecule has 8 heteroatoms. The number of hydrogen-bond acceptors (Lipinski definition) is 6. The van der Waals surface area contributed by atoms with Crippen LogP contribution in [0.5, 0.6) is 0 Å². The molecule has 1 N–H and O–H groups in total. The second-order valence-electron chi connectivity index (χ2n) is 7.37. The van der Waals surface area contributed by atoms with Gasteiger partial charge in [-0.25, -0.2) is 4.98 Å². The van der Waals surface area contributed by atoms with Crippen LogP contribution in [0.4, 0.5) is 0 Å². The van der Waals surface area contributed by atoms with Crippen LogP contribution in [0.2, 0.25) is 0 Å². The molecule has 148 valence electrons. The molecule has 1 aliphatic heterocycles. The van der Waals surface area contributed by atoms with Crippen LogP contribution in [0.15, 0.2) is 15.5 Å². The molecule has 27 heavy (non-hydrogen) atoms. The van der Waals surface area contributed by atoms with Gasteiger partial charge in [0, 0.05) is 26.2 Å². The molecule has 0 saturated carbocycles. The van der Waals surface area contributed by atoms with Crippen molar-refractivity contribution in [2.45, 2.75) is 33.7 Å². The van der Waals surface area contributed by atoms with Gasteiger partial charge < -0.3 is 14.5 Å². The highest BCUT2D eigenvalue weighted by molar-refractivity contribution is 6.06. The molecule has 2 aromatic heterocycles. The maximum atomic E-state index is 12.8. The third-order valence-electron chi connectivity index (χ3n) is 4.68. The van der Waals surface area contributed by atoms with Crippen molar-refractivity contribution in [3.63, 3.8) is 0 Å². The van der Waals surface area contributed by atoms with Crippen LogP contribution in [-0.2, 0) is 11.3 Å². The molecular formula is C19H28N4O4. The summed E-state index contributed by atoms with van der Waals surface area (Å²) < 4.78 is 12.4. The van der Waals surface area contributed by atoms with Crippen LogP contribution in [-0.4, -0.2) is 59.8 Å². The number of ether oxygens (including phenoxy) is 1. The quantitative estimate of drug-likeness (QED) is 0.735. The molecular weight excluding hydrogens is 348 g/mol. The monoisotopic (exact) mass is 376 g/mol. The Labute approximate surface area is 158 Å². The van der Waals surface area contributed by atoms with Crippen LogP contribution in [0, 0.1) is 12.8 Å². The summed E-state index contributed by atoms with van der Waals surface area (Å²) in [6, 6.07) is 0. The number of aryl methyl sites for hydroxylation is 1. The van der Waals surface area contributed by atoms with E-state index in [0.717, 1.165) is 39.3 Å². The molecule has 0 aliphatic carbocycles. The Morgan fingerprint density at radius 3 is 2.78 bits per heavy atom. The average molecular weight is 376 g/mol. The zero-order valence-corrected chi connectivity index (χ0v) is 16.3. The van der Waals surface area contributed by atoms with Crippen LogP contribution in [0.25, 0.3) is 11.1 Å². The average Bonchev–Trinajstić information content (AvgIpc) is 2.98. The minimum Gasteiger partial charge on any atom is -0.442 e.